The molecule has 3 aromatic rings. The zero-order valence-corrected chi connectivity index (χ0v) is 19.4. The van der Waals surface area contributed by atoms with Crippen LogP contribution in [0.3, 0.4) is 0 Å². The lowest BCUT2D eigenvalue weighted by atomic mass is 9.78. The van der Waals surface area contributed by atoms with Crippen molar-refractivity contribution in [3.8, 4) is 22.1 Å². The van der Waals surface area contributed by atoms with Crippen LogP contribution in [0.5, 0.6) is 11.5 Å². The zero-order valence-electron chi connectivity index (χ0n) is 17.8. The topological polar surface area (TPSA) is 90.4 Å². The third-order valence-electron chi connectivity index (χ3n) is 5.01. The number of thiazole rings is 2. The average Bonchev–Trinajstić information content (AvgIpc) is 3.33. The standard InChI is InChI=1S/C22H23N3O4S2/c1-22(2)9-14-19(15(26)10-22)31-21(24-14)25-18(27)8-13-11-30-20(23-13)12-5-6-16(28-3)17(7-12)29-4/h5-7,11H,8-10H2,1-4H3,(H,24,25,27). The summed E-state index contributed by atoms with van der Waals surface area (Å²) >= 11 is 2.72. The highest BCUT2D eigenvalue weighted by molar-refractivity contribution is 7.17. The number of nitrogens with one attached hydrogen (secondary N) is 1. The van der Waals surface area contributed by atoms with E-state index in [1.54, 1.807) is 14.2 Å². The van der Waals surface area contributed by atoms with E-state index in [1.165, 1.54) is 22.7 Å². The van der Waals surface area contributed by atoms with Gasteiger partial charge < -0.3 is 14.8 Å². The fourth-order valence-corrected chi connectivity index (χ4v) is 5.34. The average molecular weight is 458 g/mol. The molecule has 0 saturated heterocycles. The Kier molecular flexibility index (Phi) is 5.81. The minimum Gasteiger partial charge on any atom is -0.493 e. The minimum absolute atomic E-state index is 0.0967. The first-order valence-electron chi connectivity index (χ1n) is 9.77. The van der Waals surface area contributed by atoms with Crippen LogP contribution in [-0.2, 0) is 17.6 Å². The molecule has 1 aromatic carbocycles. The molecule has 1 N–H and O–H groups in total. The van der Waals surface area contributed by atoms with Crippen LogP contribution in [0.25, 0.3) is 10.6 Å². The van der Waals surface area contributed by atoms with Crippen molar-refractivity contribution in [2.24, 2.45) is 5.41 Å². The summed E-state index contributed by atoms with van der Waals surface area (Å²) in [4.78, 5) is 34.6. The minimum atomic E-state index is -0.207. The molecule has 0 radical (unpaired) electrons. The second-order valence-corrected chi connectivity index (χ2v) is 10.0. The molecule has 1 aliphatic carbocycles. The van der Waals surface area contributed by atoms with E-state index in [9.17, 15) is 9.59 Å². The molecule has 0 atom stereocenters. The van der Waals surface area contributed by atoms with E-state index in [-0.39, 0.29) is 23.5 Å². The Morgan fingerprint density at radius 2 is 1.94 bits per heavy atom. The smallest absolute Gasteiger partial charge is 0.232 e. The Labute approximate surface area is 188 Å². The summed E-state index contributed by atoms with van der Waals surface area (Å²) in [5.74, 6) is 1.17. The SMILES string of the molecule is COc1ccc(-c2nc(CC(=O)Nc3nc4c(s3)C(=O)CC(C)(C)C4)cs2)cc1OC. The number of aromatic nitrogens is 2. The highest BCUT2D eigenvalue weighted by atomic mass is 32.1. The van der Waals surface area contributed by atoms with Crippen molar-refractivity contribution < 1.29 is 19.1 Å². The van der Waals surface area contributed by atoms with Crippen molar-refractivity contribution in [1.29, 1.82) is 0 Å². The van der Waals surface area contributed by atoms with Gasteiger partial charge in [-0.3, -0.25) is 9.59 Å². The molecule has 162 valence electrons. The summed E-state index contributed by atoms with van der Waals surface area (Å²) in [5, 5.41) is 5.95. The third kappa shape index (κ3) is 4.62. The van der Waals surface area contributed by atoms with Crippen molar-refractivity contribution in [2.75, 3.05) is 19.5 Å². The van der Waals surface area contributed by atoms with Gasteiger partial charge in [0.1, 0.15) is 5.01 Å². The Bertz CT molecular complexity index is 1150. The maximum Gasteiger partial charge on any atom is 0.232 e. The molecule has 2 aromatic heterocycles. The van der Waals surface area contributed by atoms with Crippen molar-refractivity contribution in [3.63, 3.8) is 0 Å². The number of anilines is 1. The number of ether oxygens (including phenoxy) is 2. The quantitative estimate of drug-likeness (QED) is 0.581. The van der Waals surface area contributed by atoms with E-state index in [0.29, 0.717) is 33.6 Å². The van der Waals surface area contributed by atoms with Gasteiger partial charge in [-0.05, 0) is 30.0 Å². The van der Waals surface area contributed by atoms with Crippen LogP contribution in [0, 0.1) is 5.41 Å². The van der Waals surface area contributed by atoms with Gasteiger partial charge in [0.2, 0.25) is 5.91 Å². The maximum absolute atomic E-state index is 12.5. The molecule has 0 fully saturated rings. The van der Waals surface area contributed by atoms with Gasteiger partial charge in [0, 0.05) is 17.4 Å². The van der Waals surface area contributed by atoms with E-state index in [1.807, 2.05) is 23.6 Å². The second-order valence-electron chi connectivity index (χ2n) is 8.17. The number of ketones is 1. The molecule has 0 bridgehead atoms. The highest BCUT2D eigenvalue weighted by Crippen LogP contribution is 2.38. The number of hydrogen-bond donors (Lipinski definition) is 1. The van der Waals surface area contributed by atoms with Crippen molar-refractivity contribution >= 4 is 39.5 Å². The van der Waals surface area contributed by atoms with Crippen LogP contribution in [0.15, 0.2) is 23.6 Å². The molecule has 31 heavy (non-hydrogen) atoms. The van der Waals surface area contributed by atoms with Crippen LogP contribution in [0.1, 0.15) is 41.3 Å². The van der Waals surface area contributed by atoms with Crippen molar-refractivity contribution in [2.45, 2.75) is 33.1 Å². The number of benzene rings is 1. The number of nitrogens with zero attached hydrogens (tertiary/aromatic N) is 2. The van der Waals surface area contributed by atoms with Gasteiger partial charge in [-0.15, -0.1) is 11.3 Å². The molecule has 0 spiro atoms. The van der Waals surface area contributed by atoms with Crippen molar-refractivity contribution in [3.05, 3.63) is 39.8 Å². The fraction of sp³-hybridized carbons (Fsp3) is 0.364. The molecule has 1 amide bonds. The van der Waals surface area contributed by atoms with Crippen LogP contribution in [0.4, 0.5) is 5.13 Å². The van der Waals surface area contributed by atoms with Crippen LogP contribution in [-0.4, -0.2) is 35.9 Å². The number of Topliss-reactive ketones (excluding diaryl/α,β-unsaturated/α-hetero) is 1. The summed E-state index contributed by atoms with van der Waals surface area (Å²) in [6.07, 6.45) is 1.38. The summed E-state index contributed by atoms with van der Waals surface area (Å²) in [5.41, 5.74) is 2.25. The lowest BCUT2D eigenvalue weighted by Gasteiger charge is -2.26. The molecule has 1 aliphatic rings. The lowest BCUT2D eigenvalue weighted by molar-refractivity contribution is -0.115. The number of carbonyl (C=O) groups is 2. The summed E-state index contributed by atoms with van der Waals surface area (Å²) < 4.78 is 10.6. The van der Waals surface area contributed by atoms with E-state index >= 15 is 0 Å². The van der Waals surface area contributed by atoms with Crippen molar-refractivity contribution in [1.82, 2.24) is 9.97 Å². The molecule has 4 rings (SSSR count). The Morgan fingerprint density at radius 1 is 1.16 bits per heavy atom. The number of hydrogen-bond acceptors (Lipinski definition) is 8. The summed E-state index contributed by atoms with van der Waals surface area (Å²) in [6.45, 7) is 4.12. The first-order valence-corrected chi connectivity index (χ1v) is 11.5. The van der Waals surface area contributed by atoms with Gasteiger partial charge in [0.25, 0.3) is 0 Å². The van der Waals surface area contributed by atoms with Crippen LogP contribution < -0.4 is 14.8 Å². The van der Waals surface area contributed by atoms with E-state index in [4.69, 9.17) is 9.47 Å². The lowest BCUT2D eigenvalue weighted by Crippen LogP contribution is -2.26. The summed E-state index contributed by atoms with van der Waals surface area (Å²) in [7, 11) is 3.18. The van der Waals surface area contributed by atoms with E-state index in [0.717, 1.165) is 22.7 Å². The normalized spacial score (nSPS) is 14.8. The predicted octanol–water partition coefficient (Wildman–Crippen LogP) is 4.62. The van der Waals surface area contributed by atoms with Crippen LogP contribution in [0.2, 0.25) is 0 Å². The molecule has 0 aliphatic heterocycles. The Morgan fingerprint density at radius 3 is 2.68 bits per heavy atom. The molecular weight excluding hydrogens is 434 g/mol. The molecule has 7 nitrogen and oxygen atoms in total. The molecule has 0 saturated carbocycles. The molecule has 2 heterocycles. The molecular formula is C22H23N3O4S2. The van der Waals surface area contributed by atoms with Gasteiger partial charge in [0.15, 0.2) is 22.4 Å². The largest absolute Gasteiger partial charge is 0.493 e. The monoisotopic (exact) mass is 457 g/mol. The first kappa shape index (κ1) is 21.5. The van der Waals surface area contributed by atoms with Gasteiger partial charge in [-0.25, -0.2) is 9.97 Å². The van der Waals surface area contributed by atoms with E-state index < -0.39 is 0 Å². The fourth-order valence-electron chi connectivity index (χ4n) is 3.59. The first-order chi connectivity index (χ1) is 14.8. The number of fused-ring (bicyclic) bond motifs is 1. The van der Waals surface area contributed by atoms with Gasteiger partial charge in [-0.1, -0.05) is 25.2 Å². The maximum atomic E-state index is 12.5. The number of methoxy groups -OCH3 is 2. The Balaban J connectivity index is 1.44. The number of rotatable bonds is 6. The molecule has 9 heteroatoms. The summed E-state index contributed by atoms with van der Waals surface area (Å²) in [6, 6.07) is 5.59. The van der Waals surface area contributed by atoms with E-state index in [2.05, 4.69) is 29.1 Å². The van der Waals surface area contributed by atoms with Gasteiger partial charge >= 0.3 is 0 Å². The third-order valence-corrected chi connectivity index (χ3v) is 7.00. The van der Waals surface area contributed by atoms with Gasteiger partial charge in [-0.2, -0.15) is 0 Å². The molecule has 0 unspecified atom stereocenters. The zero-order chi connectivity index (χ0) is 22.2. The number of amides is 1. The Hall–Kier alpha value is -2.78. The predicted molar refractivity (Wildman–Crippen MR) is 122 cm³/mol. The number of carbonyl (C=O) groups excluding carboxylic acids is 2. The second kappa shape index (κ2) is 8.39. The van der Waals surface area contributed by atoms with Crippen LogP contribution >= 0.6 is 22.7 Å². The van der Waals surface area contributed by atoms with Gasteiger partial charge in [0.05, 0.1) is 36.9 Å². The highest BCUT2D eigenvalue weighted by Gasteiger charge is 2.34.